The zero-order valence-electron chi connectivity index (χ0n) is 9.75. The molecule has 0 aliphatic carbocycles. The van der Waals surface area contributed by atoms with Crippen molar-refractivity contribution >= 4 is 23.2 Å². The van der Waals surface area contributed by atoms with Gasteiger partial charge in [-0.05, 0) is 24.6 Å². The van der Waals surface area contributed by atoms with E-state index in [0.29, 0.717) is 0 Å². The second-order valence-corrected chi connectivity index (χ2v) is 4.13. The average molecular weight is 284 g/mol. The third-order valence-corrected chi connectivity index (χ3v) is 2.62. The molecule has 0 atom stereocenters. The maximum atomic E-state index is 13.4. The lowest BCUT2D eigenvalue weighted by Gasteiger charge is -2.08. The molecule has 0 saturated heterocycles. The third-order valence-electron chi connectivity index (χ3n) is 2.32. The highest BCUT2D eigenvalue weighted by Gasteiger charge is 2.17. The summed E-state index contributed by atoms with van der Waals surface area (Å²) in [6.45, 7) is 1.76. The Bertz CT molecular complexity index is 649. The van der Waals surface area contributed by atoms with Crippen molar-refractivity contribution in [1.29, 1.82) is 0 Å². The quantitative estimate of drug-likeness (QED) is 0.862. The smallest absolute Gasteiger partial charge is 0.258 e. The number of carbonyl (C=O) groups excluding carboxylic acids is 1. The molecule has 7 heteroatoms. The number of hydrogen-bond acceptors (Lipinski definition) is 3. The SMILES string of the molecule is Cc1cnc(Cl)c(NC(=O)c2ccnc(F)c2F)c1. The molecule has 0 bridgehead atoms. The van der Waals surface area contributed by atoms with Gasteiger partial charge in [0.15, 0.2) is 11.0 Å². The van der Waals surface area contributed by atoms with Crippen molar-refractivity contribution in [3.63, 3.8) is 0 Å². The predicted molar refractivity (Wildman–Crippen MR) is 66.1 cm³/mol. The van der Waals surface area contributed by atoms with Crippen molar-refractivity contribution in [2.24, 2.45) is 0 Å². The Balaban J connectivity index is 2.31. The van der Waals surface area contributed by atoms with E-state index in [1.54, 1.807) is 13.0 Å². The molecule has 1 N–H and O–H groups in total. The van der Waals surface area contributed by atoms with E-state index >= 15 is 0 Å². The van der Waals surface area contributed by atoms with Gasteiger partial charge in [-0.15, -0.1) is 0 Å². The van der Waals surface area contributed by atoms with Crippen molar-refractivity contribution in [1.82, 2.24) is 9.97 Å². The van der Waals surface area contributed by atoms with E-state index in [2.05, 4.69) is 15.3 Å². The molecule has 0 aromatic carbocycles. The summed E-state index contributed by atoms with van der Waals surface area (Å²) in [5.74, 6) is -3.47. The normalized spacial score (nSPS) is 10.3. The van der Waals surface area contributed by atoms with Gasteiger partial charge in [0.1, 0.15) is 0 Å². The van der Waals surface area contributed by atoms with E-state index in [-0.39, 0.29) is 10.8 Å². The number of anilines is 1. The van der Waals surface area contributed by atoms with Crippen LogP contribution in [0.5, 0.6) is 0 Å². The minimum absolute atomic E-state index is 0.0638. The standard InChI is InChI=1S/C12H8ClF2N3O/c1-6-4-8(10(13)17-5-6)18-12(19)7-2-3-16-11(15)9(7)14/h2-5H,1H3,(H,18,19). The number of halogens is 3. The number of amides is 1. The van der Waals surface area contributed by atoms with E-state index in [9.17, 15) is 13.6 Å². The number of pyridine rings is 2. The zero-order chi connectivity index (χ0) is 14.0. The molecule has 0 radical (unpaired) electrons. The number of nitrogens with zero attached hydrogens (tertiary/aromatic N) is 2. The van der Waals surface area contributed by atoms with Gasteiger partial charge in [0.05, 0.1) is 11.3 Å². The summed E-state index contributed by atoms with van der Waals surface area (Å²) in [5, 5.41) is 2.43. The monoisotopic (exact) mass is 283 g/mol. The fourth-order valence-corrected chi connectivity index (χ4v) is 1.57. The maximum absolute atomic E-state index is 13.4. The van der Waals surface area contributed by atoms with Gasteiger partial charge in [0, 0.05) is 12.4 Å². The lowest BCUT2D eigenvalue weighted by atomic mass is 10.2. The third kappa shape index (κ3) is 2.85. The van der Waals surface area contributed by atoms with Crippen LogP contribution in [-0.2, 0) is 0 Å². The van der Waals surface area contributed by atoms with Crippen LogP contribution in [0.25, 0.3) is 0 Å². The molecule has 1 amide bonds. The van der Waals surface area contributed by atoms with Gasteiger partial charge in [-0.25, -0.2) is 14.4 Å². The van der Waals surface area contributed by atoms with Crippen LogP contribution in [0.4, 0.5) is 14.5 Å². The van der Waals surface area contributed by atoms with Crippen LogP contribution in [0.2, 0.25) is 5.15 Å². The first-order valence-corrected chi connectivity index (χ1v) is 5.60. The number of nitrogens with one attached hydrogen (secondary N) is 1. The second-order valence-electron chi connectivity index (χ2n) is 3.77. The topological polar surface area (TPSA) is 54.9 Å². The Morgan fingerprint density at radius 1 is 1.37 bits per heavy atom. The Labute approximate surface area is 112 Å². The minimum atomic E-state index is -1.33. The van der Waals surface area contributed by atoms with Crippen molar-refractivity contribution in [3.8, 4) is 0 Å². The number of carbonyl (C=O) groups is 1. The van der Waals surface area contributed by atoms with Crippen LogP contribution in [0, 0.1) is 18.7 Å². The van der Waals surface area contributed by atoms with E-state index in [0.717, 1.165) is 17.8 Å². The van der Waals surface area contributed by atoms with Crippen LogP contribution in [0.3, 0.4) is 0 Å². The summed E-state index contributed by atoms with van der Waals surface area (Å²) in [7, 11) is 0. The van der Waals surface area contributed by atoms with E-state index in [1.807, 2.05) is 0 Å². The molecule has 2 heterocycles. The van der Waals surface area contributed by atoms with Crippen LogP contribution in [0.15, 0.2) is 24.5 Å². The largest absolute Gasteiger partial charge is 0.319 e. The Morgan fingerprint density at radius 3 is 2.84 bits per heavy atom. The Hall–Kier alpha value is -2.08. The molecule has 2 aromatic rings. The molecule has 2 aromatic heterocycles. The van der Waals surface area contributed by atoms with Crippen LogP contribution < -0.4 is 5.32 Å². The van der Waals surface area contributed by atoms with Crippen LogP contribution >= 0.6 is 11.6 Å². The van der Waals surface area contributed by atoms with Gasteiger partial charge in [0.25, 0.3) is 5.91 Å². The zero-order valence-corrected chi connectivity index (χ0v) is 10.5. The molecule has 0 saturated carbocycles. The molecule has 98 valence electrons. The molecule has 0 aliphatic rings. The number of aromatic nitrogens is 2. The summed E-state index contributed by atoms with van der Waals surface area (Å²) in [5.41, 5.74) is 0.537. The number of hydrogen-bond donors (Lipinski definition) is 1. The van der Waals surface area contributed by atoms with Crippen molar-refractivity contribution < 1.29 is 13.6 Å². The highest BCUT2D eigenvalue weighted by molar-refractivity contribution is 6.32. The lowest BCUT2D eigenvalue weighted by molar-refractivity contribution is 0.102. The fraction of sp³-hybridized carbons (Fsp3) is 0.0833. The van der Waals surface area contributed by atoms with Crippen LogP contribution in [0.1, 0.15) is 15.9 Å². The summed E-state index contributed by atoms with van der Waals surface area (Å²) in [6.07, 6.45) is 2.52. The predicted octanol–water partition coefficient (Wildman–Crippen LogP) is 2.97. The first kappa shape index (κ1) is 13.4. The average Bonchev–Trinajstić information content (AvgIpc) is 2.37. The summed E-state index contributed by atoms with van der Waals surface area (Å²) in [6, 6.07) is 2.65. The second kappa shape index (κ2) is 5.27. The molecule has 0 spiro atoms. The van der Waals surface area contributed by atoms with Gasteiger partial charge < -0.3 is 5.32 Å². The first-order chi connectivity index (χ1) is 8.99. The van der Waals surface area contributed by atoms with E-state index in [4.69, 9.17) is 11.6 Å². The Kier molecular flexibility index (Phi) is 3.71. The van der Waals surface area contributed by atoms with Crippen molar-refractivity contribution in [2.75, 3.05) is 5.32 Å². The first-order valence-electron chi connectivity index (χ1n) is 5.22. The summed E-state index contributed by atoms with van der Waals surface area (Å²) >= 11 is 5.79. The maximum Gasteiger partial charge on any atom is 0.258 e. The molecule has 4 nitrogen and oxygen atoms in total. The molecular formula is C12H8ClF2N3O. The van der Waals surface area contributed by atoms with Gasteiger partial charge >= 0.3 is 0 Å². The molecular weight excluding hydrogens is 276 g/mol. The van der Waals surface area contributed by atoms with Gasteiger partial charge in [-0.2, -0.15) is 4.39 Å². The summed E-state index contributed by atoms with van der Waals surface area (Å²) in [4.78, 5) is 18.8. The van der Waals surface area contributed by atoms with Crippen molar-refractivity contribution in [3.05, 3.63) is 52.6 Å². The number of aryl methyl sites for hydroxylation is 1. The van der Waals surface area contributed by atoms with Crippen molar-refractivity contribution in [2.45, 2.75) is 6.92 Å². The molecule has 0 aliphatic heterocycles. The summed E-state index contributed by atoms with van der Waals surface area (Å²) < 4.78 is 26.3. The van der Waals surface area contributed by atoms with Crippen LogP contribution in [-0.4, -0.2) is 15.9 Å². The highest BCUT2D eigenvalue weighted by atomic mass is 35.5. The molecule has 0 fully saturated rings. The fourth-order valence-electron chi connectivity index (χ4n) is 1.42. The van der Waals surface area contributed by atoms with Gasteiger partial charge in [-0.1, -0.05) is 11.6 Å². The van der Waals surface area contributed by atoms with E-state index < -0.39 is 23.2 Å². The molecule has 0 unspecified atom stereocenters. The van der Waals surface area contributed by atoms with Gasteiger partial charge in [0.2, 0.25) is 5.95 Å². The minimum Gasteiger partial charge on any atom is -0.319 e. The number of rotatable bonds is 2. The molecule has 19 heavy (non-hydrogen) atoms. The van der Waals surface area contributed by atoms with E-state index in [1.165, 1.54) is 6.20 Å². The Morgan fingerprint density at radius 2 is 2.11 bits per heavy atom. The lowest BCUT2D eigenvalue weighted by Crippen LogP contribution is -2.15. The molecule has 2 rings (SSSR count). The van der Waals surface area contributed by atoms with Gasteiger partial charge in [-0.3, -0.25) is 4.79 Å². The highest BCUT2D eigenvalue weighted by Crippen LogP contribution is 2.21.